The molecule has 2 aromatic rings. The molecule has 0 aliphatic heterocycles. The van der Waals surface area contributed by atoms with Crippen LogP contribution in [0.3, 0.4) is 0 Å². The third kappa shape index (κ3) is 4.40. The van der Waals surface area contributed by atoms with Crippen molar-refractivity contribution in [3.05, 3.63) is 17.0 Å². The molecule has 1 aliphatic carbocycles. The normalized spacial score (nSPS) is 15.9. The number of nitrogens with one attached hydrogen (secondary N) is 1. The molecule has 0 saturated heterocycles. The molecule has 1 atom stereocenters. The van der Waals surface area contributed by atoms with Crippen molar-refractivity contribution in [1.29, 1.82) is 0 Å². The summed E-state index contributed by atoms with van der Waals surface area (Å²) in [5, 5.41) is 7.95. The smallest absolute Gasteiger partial charge is 0.311 e. The van der Waals surface area contributed by atoms with Gasteiger partial charge in [-0.3, -0.25) is 9.59 Å². The van der Waals surface area contributed by atoms with E-state index in [9.17, 15) is 9.59 Å². The fourth-order valence-electron chi connectivity index (χ4n) is 3.36. The van der Waals surface area contributed by atoms with Crippen molar-refractivity contribution in [3.63, 3.8) is 0 Å². The number of esters is 1. The monoisotopic (exact) mass is 391 g/mol. The lowest BCUT2D eigenvalue weighted by molar-refractivity contribution is -0.154. The molecule has 3 rings (SSSR count). The largest absolute Gasteiger partial charge is 0.452 e. The van der Waals surface area contributed by atoms with Gasteiger partial charge in [-0.2, -0.15) is 4.98 Å². The molecule has 2 aromatic heterocycles. The Morgan fingerprint density at radius 3 is 2.67 bits per heavy atom. The lowest BCUT2D eigenvalue weighted by Gasteiger charge is -2.17. The van der Waals surface area contributed by atoms with Crippen LogP contribution in [0.2, 0.25) is 0 Å². The summed E-state index contributed by atoms with van der Waals surface area (Å²) in [6, 6.07) is 0.202. The first kappa shape index (κ1) is 19.6. The minimum Gasteiger partial charge on any atom is -0.452 e. The summed E-state index contributed by atoms with van der Waals surface area (Å²) in [5.74, 6) is -0.185. The maximum Gasteiger partial charge on any atom is 0.311 e. The molecule has 1 fully saturated rings. The van der Waals surface area contributed by atoms with Gasteiger partial charge in [-0.1, -0.05) is 24.6 Å². The van der Waals surface area contributed by atoms with Crippen molar-refractivity contribution in [2.45, 2.75) is 70.2 Å². The van der Waals surface area contributed by atoms with E-state index in [0.29, 0.717) is 16.6 Å². The van der Waals surface area contributed by atoms with Gasteiger partial charge in [0.2, 0.25) is 5.16 Å². The van der Waals surface area contributed by atoms with Crippen LogP contribution in [-0.4, -0.2) is 49.9 Å². The highest BCUT2D eigenvalue weighted by atomic mass is 32.2. The Balaban J connectivity index is 1.67. The molecule has 0 radical (unpaired) electrons. The summed E-state index contributed by atoms with van der Waals surface area (Å²) in [7, 11) is 0. The highest BCUT2D eigenvalue weighted by Gasteiger charge is 2.24. The number of aryl methyl sites for hydroxylation is 2. The number of ether oxygens (including phenoxy) is 1. The third-order valence-electron chi connectivity index (χ3n) is 4.91. The van der Waals surface area contributed by atoms with Gasteiger partial charge in [-0.05, 0) is 39.9 Å². The maximum atomic E-state index is 12.4. The van der Waals surface area contributed by atoms with Gasteiger partial charge in [0.05, 0.1) is 6.42 Å². The Bertz CT molecular complexity index is 860. The summed E-state index contributed by atoms with van der Waals surface area (Å²) >= 11 is 1.43. The summed E-state index contributed by atoms with van der Waals surface area (Å²) in [4.78, 5) is 33.4. The zero-order chi connectivity index (χ0) is 19.6. The fraction of sp³-hybridized carbons (Fsp3) is 0.611. The van der Waals surface area contributed by atoms with Crippen molar-refractivity contribution < 1.29 is 14.3 Å². The van der Waals surface area contributed by atoms with E-state index in [4.69, 9.17) is 4.74 Å². The maximum absolute atomic E-state index is 12.4. The van der Waals surface area contributed by atoms with Crippen molar-refractivity contribution in [2.75, 3.05) is 6.26 Å². The van der Waals surface area contributed by atoms with Crippen LogP contribution in [0.25, 0.3) is 5.78 Å². The number of fused-ring (bicyclic) bond motifs is 1. The van der Waals surface area contributed by atoms with E-state index in [-0.39, 0.29) is 18.4 Å². The molecule has 9 heteroatoms. The topological polar surface area (TPSA) is 98.5 Å². The summed E-state index contributed by atoms with van der Waals surface area (Å²) in [5.41, 5.74) is 2.25. The van der Waals surface area contributed by atoms with Crippen LogP contribution in [0, 0.1) is 13.8 Å². The molecule has 2 heterocycles. The van der Waals surface area contributed by atoms with E-state index < -0.39 is 12.1 Å². The van der Waals surface area contributed by atoms with E-state index in [1.54, 1.807) is 11.4 Å². The number of thioether (sulfide) groups is 1. The number of amides is 1. The Hall–Kier alpha value is -2.16. The van der Waals surface area contributed by atoms with Crippen LogP contribution in [-0.2, 0) is 20.7 Å². The van der Waals surface area contributed by atoms with E-state index in [2.05, 4.69) is 20.4 Å². The summed E-state index contributed by atoms with van der Waals surface area (Å²) in [6.45, 7) is 5.31. The zero-order valence-electron chi connectivity index (χ0n) is 16.1. The SMILES string of the molecule is CSc1nc2nc(C)c(CC(=O)O[C@@H](C)C(=O)NC3CCCC3)c(C)n2n1. The Morgan fingerprint density at radius 1 is 1.30 bits per heavy atom. The van der Waals surface area contributed by atoms with Gasteiger partial charge in [-0.15, -0.1) is 5.10 Å². The van der Waals surface area contributed by atoms with Crippen molar-refractivity contribution in [1.82, 2.24) is 24.9 Å². The zero-order valence-corrected chi connectivity index (χ0v) is 16.9. The molecule has 1 saturated carbocycles. The third-order valence-corrected chi connectivity index (χ3v) is 5.45. The molecular formula is C18H25N5O3S. The molecule has 27 heavy (non-hydrogen) atoms. The summed E-state index contributed by atoms with van der Waals surface area (Å²) < 4.78 is 6.98. The highest BCUT2D eigenvalue weighted by molar-refractivity contribution is 7.98. The molecule has 0 bridgehead atoms. The highest BCUT2D eigenvalue weighted by Crippen LogP contribution is 2.19. The average Bonchev–Trinajstić information content (AvgIpc) is 3.27. The molecular weight excluding hydrogens is 366 g/mol. The quantitative estimate of drug-likeness (QED) is 0.594. The standard InChI is InChI=1S/C18H25N5O3S/c1-10-14(11(2)23-17(19-10)21-18(22-23)27-4)9-15(24)26-12(3)16(25)20-13-7-5-6-8-13/h12-13H,5-9H2,1-4H3,(H,20,25)/t12-/m0/s1. The molecule has 8 nitrogen and oxygen atoms in total. The number of carbonyl (C=O) groups excluding carboxylic acids is 2. The number of aromatic nitrogens is 4. The van der Waals surface area contributed by atoms with Crippen LogP contribution in [0.4, 0.5) is 0 Å². The van der Waals surface area contributed by atoms with Crippen LogP contribution in [0.1, 0.15) is 49.6 Å². The summed E-state index contributed by atoms with van der Waals surface area (Å²) in [6.07, 6.45) is 5.37. The molecule has 0 aromatic carbocycles. The number of nitrogens with zero attached hydrogens (tertiary/aromatic N) is 4. The predicted octanol–water partition coefficient (Wildman–Crippen LogP) is 2.00. The van der Waals surface area contributed by atoms with Crippen LogP contribution in [0.5, 0.6) is 0 Å². The molecule has 0 spiro atoms. The van der Waals surface area contributed by atoms with Crippen LogP contribution < -0.4 is 5.32 Å². The second-order valence-electron chi connectivity index (χ2n) is 6.87. The lowest BCUT2D eigenvalue weighted by Crippen LogP contribution is -2.41. The molecule has 0 unspecified atom stereocenters. The van der Waals surface area contributed by atoms with Crippen molar-refractivity contribution >= 4 is 29.4 Å². The Kier molecular flexibility index (Phi) is 5.98. The van der Waals surface area contributed by atoms with Gasteiger partial charge in [-0.25, -0.2) is 9.50 Å². The lowest BCUT2D eigenvalue weighted by atomic mass is 10.1. The first-order valence-corrected chi connectivity index (χ1v) is 10.4. The number of carbonyl (C=O) groups is 2. The van der Waals surface area contributed by atoms with Gasteiger partial charge in [0.15, 0.2) is 6.10 Å². The Morgan fingerprint density at radius 2 is 2.00 bits per heavy atom. The first-order chi connectivity index (χ1) is 12.9. The van der Waals surface area contributed by atoms with Gasteiger partial charge < -0.3 is 10.1 Å². The van der Waals surface area contributed by atoms with Gasteiger partial charge >= 0.3 is 5.97 Å². The molecule has 146 valence electrons. The van der Waals surface area contributed by atoms with E-state index in [1.165, 1.54) is 11.8 Å². The van der Waals surface area contributed by atoms with Crippen LogP contribution in [0.15, 0.2) is 5.16 Å². The minimum absolute atomic E-state index is 0.0378. The van der Waals surface area contributed by atoms with Crippen LogP contribution >= 0.6 is 11.8 Å². The molecule has 1 amide bonds. The minimum atomic E-state index is -0.815. The number of hydrogen-bond acceptors (Lipinski definition) is 7. The second-order valence-corrected chi connectivity index (χ2v) is 7.64. The van der Waals surface area contributed by atoms with Crippen molar-refractivity contribution in [2.24, 2.45) is 0 Å². The second kappa shape index (κ2) is 8.24. The van der Waals surface area contributed by atoms with E-state index in [0.717, 1.165) is 36.9 Å². The van der Waals surface area contributed by atoms with Gasteiger partial charge in [0, 0.05) is 23.0 Å². The van der Waals surface area contributed by atoms with Gasteiger partial charge in [0.25, 0.3) is 11.7 Å². The van der Waals surface area contributed by atoms with Gasteiger partial charge in [0.1, 0.15) is 0 Å². The number of rotatable bonds is 6. The average molecular weight is 391 g/mol. The molecule has 1 N–H and O–H groups in total. The van der Waals surface area contributed by atoms with Crippen molar-refractivity contribution in [3.8, 4) is 0 Å². The predicted molar refractivity (Wildman–Crippen MR) is 102 cm³/mol. The first-order valence-electron chi connectivity index (χ1n) is 9.15. The molecule has 1 aliphatic rings. The van der Waals surface area contributed by atoms with E-state index in [1.807, 2.05) is 20.1 Å². The number of hydrogen-bond donors (Lipinski definition) is 1. The Labute approximate surface area is 162 Å². The fourth-order valence-corrected chi connectivity index (χ4v) is 3.69. The van der Waals surface area contributed by atoms with E-state index >= 15 is 0 Å².